The molecule has 0 saturated heterocycles. The minimum absolute atomic E-state index is 0.0210. The summed E-state index contributed by atoms with van der Waals surface area (Å²) in [6.45, 7) is 1.96. The SMILES string of the molecule is C[C@@H](Nc1nc(/C(N)=N/O)nc(N)c1NCc1ccc(C(F)(F)F)c(F)c1)C1CCC1. The molecule has 0 unspecified atom stereocenters. The summed E-state index contributed by atoms with van der Waals surface area (Å²) in [7, 11) is 0. The number of benzene rings is 1. The van der Waals surface area contributed by atoms with Gasteiger partial charge >= 0.3 is 6.18 Å². The van der Waals surface area contributed by atoms with E-state index in [2.05, 4.69) is 25.8 Å². The van der Waals surface area contributed by atoms with Crippen LogP contribution in [0.1, 0.15) is 43.1 Å². The Kier molecular flexibility index (Phi) is 6.37. The molecule has 2 aromatic rings. The topological polar surface area (TPSA) is 134 Å². The van der Waals surface area contributed by atoms with Crippen LogP contribution >= 0.6 is 0 Å². The molecule has 0 spiro atoms. The van der Waals surface area contributed by atoms with E-state index in [-0.39, 0.29) is 41.3 Å². The van der Waals surface area contributed by atoms with E-state index in [9.17, 15) is 17.6 Å². The highest BCUT2D eigenvalue weighted by atomic mass is 19.4. The Morgan fingerprint density at radius 2 is 2.03 bits per heavy atom. The highest BCUT2D eigenvalue weighted by molar-refractivity contribution is 5.95. The molecule has 1 aliphatic carbocycles. The van der Waals surface area contributed by atoms with Crippen LogP contribution in [0.15, 0.2) is 23.4 Å². The number of amidine groups is 1. The molecule has 12 heteroatoms. The van der Waals surface area contributed by atoms with E-state index in [1.807, 2.05) is 6.92 Å². The smallest absolute Gasteiger partial charge is 0.409 e. The molecule has 31 heavy (non-hydrogen) atoms. The number of aromatic nitrogens is 2. The summed E-state index contributed by atoms with van der Waals surface area (Å²) in [6.07, 6.45) is -1.50. The lowest BCUT2D eigenvalue weighted by Gasteiger charge is -2.32. The molecule has 7 N–H and O–H groups in total. The predicted octanol–water partition coefficient (Wildman–Crippen LogP) is 3.52. The molecule has 1 aromatic heterocycles. The second-order valence-electron chi connectivity index (χ2n) is 7.43. The lowest BCUT2D eigenvalue weighted by molar-refractivity contribution is -0.140. The van der Waals surface area contributed by atoms with Crippen LogP contribution in [0.2, 0.25) is 0 Å². The molecule has 1 atom stereocenters. The number of hydrogen-bond acceptors (Lipinski definition) is 7. The van der Waals surface area contributed by atoms with Gasteiger partial charge in [-0.15, -0.1) is 0 Å². The van der Waals surface area contributed by atoms with Gasteiger partial charge in [-0.25, -0.2) is 14.4 Å². The van der Waals surface area contributed by atoms with E-state index in [4.69, 9.17) is 16.7 Å². The Morgan fingerprint density at radius 1 is 1.32 bits per heavy atom. The number of nitrogen functional groups attached to an aromatic ring is 1. The molecular weight excluding hydrogens is 418 g/mol. The van der Waals surface area contributed by atoms with Crippen molar-refractivity contribution < 1.29 is 22.8 Å². The molecule has 8 nitrogen and oxygen atoms in total. The molecule has 0 bridgehead atoms. The number of nitrogens with zero attached hydrogens (tertiary/aromatic N) is 3. The van der Waals surface area contributed by atoms with Gasteiger partial charge in [-0.05, 0) is 43.4 Å². The monoisotopic (exact) mass is 441 g/mol. The summed E-state index contributed by atoms with van der Waals surface area (Å²) in [5, 5.41) is 18.0. The van der Waals surface area contributed by atoms with Crippen molar-refractivity contribution >= 4 is 23.2 Å². The average molecular weight is 441 g/mol. The zero-order chi connectivity index (χ0) is 22.8. The van der Waals surface area contributed by atoms with Crippen LogP contribution in [0.25, 0.3) is 0 Å². The predicted molar refractivity (Wildman–Crippen MR) is 108 cm³/mol. The van der Waals surface area contributed by atoms with E-state index in [1.54, 1.807) is 0 Å². The molecule has 168 valence electrons. The number of nitrogens with one attached hydrogen (secondary N) is 2. The highest BCUT2D eigenvalue weighted by Crippen LogP contribution is 2.34. The van der Waals surface area contributed by atoms with Gasteiger partial charge in [0.1, 0.15) is 11.5 Å². The number of oxime groups is 1. The van der Waals surface area contributed by atoms with Crippen molar-refractivity contribution in [2.45, 2.75) is 44.9 Å². The summed E-state index contributed by atoms with van der Waals surface area (Å²) in [5.41, 5.74) is 10.8. The summed E-state index contributed by atoms with van der Waals surface area (Å²) in [6, 6.07) is 2.71. The fourth-order valence-electron chi connectivity index (χ4n) is 3.28. The van der Waals surface area contributed by atoms with E-state index >= 15 is 0 Å². The Morgan fingerprint density at radius 3 is 2.58 bits per heavy atom. The minimum Gasteiger partial charge on any atom is -0.409 e. The lowest BCUT2D eigenvalue weighted by atomic mass is 9.80. The van der Waals surface area contributed by atoms with E-state index < -0.39 is 17.6 Å². The minimum atomic E-state index is -4.77. The maximum Gasteiger partial charge on any atom is 0.419 e. The van der Waals surface area contributed by atoms with Crippen LogP contribution in [0.4, 0.5) is 34.9 Å². The van der Waals surface area contributed by atoms with Crippen molar-refractivity contribution in [3.05, 3.63) is 41.0 Å². The second kappa shape index (κ2) is 8.82. The van der Waals surface area contributed by atoms with Crippen molar-refractivity contribution in [3.8, 4) is 0 Å². The van der Waals surface area contributed by atoms with Crippen LogP contribution in [-0.2, 0) is 12.7 Å². The first kappa shape index (κ1) is 22.4. The summed E-state index contributed by atoms with van der Waals surface area (Å²) >= 11 is 0. The normalized spacial score (nSPS) is 16.0. The lowest BCUT2D eigenvalue weighted by Crippen LogP contribution is -2.32. The van der Waals surface area contributed by atoms with Crippen molar-refractivity contribution in [3.63, 3.8) is 0 Å². The van der Waals surface area contributed by atoms with E-state index in [0.717, 1.165) is 25.3 Å². The van der Waals surface area contributed by atoms with Gasteiger partial charge in [0.2, 0.25) is 11.7 Å². The molecule has 0 radical (unpaired) electrons. The quantitative estimate of drug-likeness (QED) is 0.146. The summed E-state index contributed by atoms with van der Waals surface area (Å²) in [4.78, 5) is 8.25. The summed E-state index contributed by atoms with van der Waals surface area (Å²) < 4.78 is 52.1. The van der Waals surface area contributed by atoms with Gasteiger partial charge in [-0.3, -0.25) is 0 Å². The third kappa shape index (κ3) is 5.06. The van der Waals surface area contributed by atoms with Gasteiger partial charge in [0.25, 0.3) is 0 Å². The largest absolute Gasteiger partial charge is 0.419 e. The number of hydrogen-bond donors (Lipinski definition) is 5. The van der Waals surface area contributed by atoms with Crippen molar-refractivity contribution in [2.24, 2.45) is 16.8 Å². The number of anilines is 3. The third-order valence-electron chi connectivity index (χ3n) is 5.30. The first-order valence-electron chi connectivity index (χ1n) is 9.61. The van der Waals surface area contributed by atoms with Crippen LogP contribution in [0.3, 0.4) is 0 Å². The Balaban J connectivity index is 1.86. The standard InChI is InChI=1S/C19H23F4N7O/c1-9(11-3-2-4-11)27-17-14(15(24)28-18(29-17)16(25)30-31)26-8-10-5-6-12(13(20)7-10)19(21,22)23/h5-7,9,11,26,31H,2-4,8H2,1H3,(H2,25,30)(H3,24,27,28,29)/t9-/m1/s1. The second-order valence-corrected chi connectivity index (χ2v) is 7.43. The first-order valence-corrected chi connectivity index (χ1v) is 9.61. The van der Waals surface area contributed by atoms with Crippen LogP contribution < -0.4 is 22.1 Å². The molecule has 1 saturated carbocycles. The van der Waals surface area contributed by atoms with Gasteiger partial charge < -0.3 is 27.3 Å². The van der Waals surface area contributed by atoms with Crippen LogP contribution in [0.5, 0.6) is 0 Å². The van der Waals surface area contributed by atoms with Crippen LogP contribution in [0, 0.1) is 11.7 Å². The fraction of sp³-hybridized carbons (Fsp3) is 0.421. The van der Waals surface area contributed by atoms with Gasteiger partial charge in [0.05, 0.1) is 5.56 Å². The van der Waals surface area contributed by atoms with Gasteiger partial charge in [-0.2, -0.15) is 13.2 Å². The van der Waals surface area contributed by atoms with E-state index in [1.165, 1.54) is 6.07 Å². The van der Waals surface area contributed by atoms with Crippen molar-refractivity contribution in [2.75, 3.05) is 16.4 Å². The molecule has 0 aliphatic heterocycles. The van der Waals surface area contributed by atoms with Gasteiger partial charge in [-0.1, -0.05) is 17.6 Å². The molecule has 3 rings (SSSR count). The van der Waals surface area contributed by atoms with Crippen molar-refractivity contribution in [1.29, 1.82) is 0 Å². The summed E-state index contributed by atoms with van der Waals surface area (Å²) in [5.74, 6) is -1.07. The maximum absolute atomic E-state index is 13.9. The zero-order valence-corrected chi connectivity index (χ0v) is 16.7. The Bertz CT molecular complexity index is 976. The number of nitrogens with two attached hydrogens (primary N) is 2. The van der Waals surface area contributed by atoms with Crippen LogP contribution in [-0.4, -0.2) is 27.1 Å². The molecule has 1 aliphatic rings. The molecule has 1 heterocycles. The average Bonchev–Trinajstić information content (AvgIpc) is 2.64. The Hall–Kier alpha value is -3.31. The third-order valence-corrected chi connectivity index (χ3v) is 5.30. The van der Waals surface area contributed by atoms with E-state index in [0.29, 0.717) is 17.8 Å². The number of rotatable bonds is 7. The number of halogens is 4. The highest BCUT2D eigenvalue weighted by Gasteiger charge is 2.34. The maximum atomic E-state index is 13.9. The van der Waals surface area contributed by atoms with Gasteiger partial charge in [0.15, 0.2) is 11.6 Å². The Labute approximate surface area is 175 Å². The molecule has 1 aromatic carbocycles. The number of alkyl halides is 3. The van der Waals surface area contributed by atoms with Gasteiger partial charge in [0, 0.05) is 12.6 Å². The molecule has 0 amide bonds. The molecule has 1 fully saturated rings. The first-order chi connectivity index (χ1) is 14.6. The molecular formula is C19H23F4N7O. The van der Waals surface area contributed by atoms with Crippen molar-refractivity contribution in [1.82, 2.24) is 9.97 Å². The zero-order valence-electron chi connectivity index (χ0n) is 16.7. The fourth-order valence-corrected chi connectivity index (χ4v) is 3.28.